The van der Waals surface area contributed by atoms with Crippen LogP contribution in [0.15, 0.2) is 30.3 Å². The maximum Gasteiger partial charge on any atom is 0.0393 e. The molecule has 0 amide bonds. The van der Waals surface area contributed by atoms with Crippen molar-refractivity contribution in [1.82, 2.24) is 0 Å². The Morgan fingerprint density at radius 2 is 1.75 bits per heavy atom. The lowest BCUT2D eigenvalue weighted by molar-refractivity contribution is 0.627. The highest BCUT2D eigenvalue weighted by Crippen LogP contribution is 2.20. The average Bonchev–Trinajstić information content (AvgIpc) is 2.02. The van der Waals surface area contributed by atoms with Crippen LogP contribution in [0.3, 0.4) is 0 Å². The van der Waals surface area contributed by atoms with Crippen molar-refractivity contribution in [2.24, 2.45) is 0 Å². The Balaban J connectivity index is 2.44. The fourth-order valence-corrected chi connectivity index (χ4v) is 1.18. The molecule has 0 heterocycles. The molecule has 0 spiro atoms. The summed E-state index contributed by atoms with van der Waals surface area (Å²) in [6, 6.07) is 10.5. The Morgan fingerprint density at radius 3 is 2.25 bits per heavy atom. The Morgan fingerprint density at radius 1 is 1.17 bits per heavy atom. The highest BCUT2D eigenvalue weighted by molar-refractivity contribution is 6.23. The van der Waals surface area contributed by atoms with E-state index in [1.165, 1.54) is 5.56 Å². The summed E-state index contributed by atoms with van der Waals surface area (Å²) in [5.74, 6) is 0. The number of alkyl halides is 1. The first kappa shape index (κ1) is 9.60. The summed E-state index contributed by atoms with van der Waals surface area (Å²) in [6.45, 7) is 4.11. The number of hydrogen-bond donors (Lipinski definition) is 0. The molecule has 0 aliphatic rings. The van der Waals surface area contributed by atoms with Crippen molar-refractivity contribution in [2.45, 2.75) is 31.6 Å². The topological polar surface area (TPSA) is 0 Å². The zero-order valence-electron chi connectivity index (χ0n) is 7.68. The number of benzene rings is 1. The quantitative estimate of drug-likeness (QED) is 0.627. The minimum absolute atomic E-state index is 0.0736. The molecule has 0 saturated heterocycles. The smallest absolute Gasteiger partial charge is 0.0393 e. The maximum atomic E-state index is 6.08. The minimum Gasteiger partial charge on any atom is -0.120 e. The van der Waals surface area contributed by atoms with Crippen LogP contribution in [-0.2, 0) is 6.42 Å². The Labute approximate surface area is 79.6 Å². The molecule has 0 unspecified atom stereocenters. The van der Waals surface area contributed by atoms with E-state index in [-0.39, 0.29) is 4.87 Å². The third-order valence-corrected chi connectivity index (χ3v) is 2.04. The predicted molar refractivity (Wildman–Crippen MR) is 54.7 cm³/mol. The molecule has 1 heteroatoms. The molecule has 1 aromatic carbocycles. The molecule has 0 aromatic heterocycles. The molecule has 0 nitrogen and oxygen atoms in total. The fraction of sp³-hybridized carbons (Fsp3) is 0.455. The summed E-state index contributed by atoms with van der Waals surface area (Å²) in [4.78, 5) is -0.0736. The van der Waals surface area contributed by atoms with Crippen LogP contribution in [0, 0.1) is 0 Å². The lowest BCUT2D eigenvalue weighted by Gasteiger charge is -2.14. The largest absolute Gasteiger partial charge is 0.120 e. The van der Waals surface area contributed by atoms with E-state index in [4.69, 9.17) is 11.6 Å². The van der Waals surface area contributed by atoms with Crippen LogP contribution in [0.5, 0.6) is 0 Å². The van der Waals surface area contributed by atoms with Crippen molar-refractivity contribution in [3.8, 4) is 0 Å². The number of hydrogen-bond acceptors (Lipinski definition) is 0. The second-order valence-electron chi connectivity index (χ2n) is 3.70. The van der Waals surface area contributed by atoms with Gasteiger partial charge in [0.05, 0.1) is 0 Å². The Hall–Kier alpha value is -0.490. The summed E-state index contributed by atoms with van der Waals surface area (Å²) in [6.07, 6.45) is 2.09. The molecule has 66 valence electrons. The molecule has 0 fully saturated rings. The molecule has 0 bridgehead atoms. The van der Waals surface area contributed by atoms with E-state index in [1.54, 1.807) is 0 Å². The van der Waals surface area contributed by atoms with Crippen molar-refractivity contribution in [3.05, 3.63) is 35.9 Å². The minimum atomic E-state index is -0.0736. The third-order valence-electron chi connectivity index (χ3n) is 1.85. The van der Waals surface area contributed by atoms with Crippen LogP contribution >= 0.6 is 11.6 Å². The molecular weight excluding hydrogens is 168 g/mol. The third kappa shape index (κ3) is 3.77. The predicted octanol–water partition coefficient (Wildman–Crippen LogP) is 3.64. The van der Waals surface area contributed by atoms with Gasteiger partial charge in [-0.15, -0.1) is 11.6 Å². The van der Waals surface area contributed by atoms with Crippen LogP contribution in [0.2, 0.25) is 0 Å². The molecule has 0 atom stereocenters. The van der Waals surface area contributed by atoms with E-state index >= 15 is 0 Å². The van der Waals surface area contributed by atoms with Crippen LogP contribution < -0.4 is 0 Å². The molecule has 0 aliphatic heterocycles. The summed E-state index contributed by atoms with van der Waals surface area (Å²) in [5.41, 5.74) is 1.37. The SMILES string of the molecule is CC(C)(Cl)CCc1ccccc1. The van der Waals surface area contributed by atoms with Crippen LogP contribution in [0.4, 0.5) is 0 Å². The van der Waals surface area contributed by atoms with E-state index in [0.29, 0.717) is 0 Å². The standard InChI is InChI=1S/C11H15Cl/c1-11(2,12)9-8-10-6-4-3-5-7-10/h3-7H,8-9H2,1-2H3. The van der Waals surface area contributed by atoms with Crippen molar-refractivity contribution in [2.75, 3.05) is 0 Å². The second-order valence-corrected chi connectivity index (χ2v) is 4.73. The molecule has 0 radical (unpaired) electrons. The molecule has 0 aliphatic carbocycles. The average molecular weight is 183 g/mol. The Kier molecular flexibility index (Phi) is 3.16. The van der Waals surface area contributed by atoms with Crippen LogP contribution in [0.25, 0.3) is 0 Å². The summed E-state index contributed by atoms with van der Waals surface area (Å²) in [5, 5.41) is 0. The second kappa shape index (κ2) is 3.95. The normalized spacial score (nSPS) is 11.6. The summed E-state index contributed by atoms with van der Waals surface area (Å²) in [7, 11) is 0. The van der Waals surface area contributed by atoms with Gasteiger partial charge in [-0.2, -0.15) is 0 Å². The van der Waals surface area contributed by atoms with Gasteiger partial charge in [-0.25, -0.2) is 0 Å². The zero-order valence-corrected chi connectivity index (χ0v) is 8.43. The highest BCUT2D eigenvalue weighted by atomic mass is 35.5. The summed E-state index contributed by atoms with van der Waals surface area (Å²) >= 11 is 6.08. The van der Waals surface area contributed by atoms with E-state index in [1.807, 2.05) is 6.07 Å². The molecule has 1 rings (SSSR count). The van der Waals surface area contributed by atoms with E-state index in [0.717, 1.165) is 12.8 Å². The van der Waals surface area contributed by atoms with Gasteiger partial charge in [0.1, 0.15) is 0 Å². The highest BCUT2D eigenvalue weighted by Gasteiger charge is 2.12. The van der Waals surface area contributed by atoms with Crippen molar-refractivity contribution >= 4 is 11.6 Å². The van der Waals surface area contributed by atoms with Gasteiger partial charge in [0.25, 0.3) is 0 Å². The van der Waals surface area contributed by atoms with Gasteiger partial charge in [0.2, 0.25) is 0 Å². The lowest BCUT2D eigenvalue weighted by Crippen LogP contribution is -2.10. The molecular formula is C11H15Cl. The van der Waals surface area contributed by atoms with Gasteiger partial charge < -0.3 is 0 Å². The monoisotopic (exact) mass is 182 g/mol. The van der Waals surface area contributed by atoms with E-state index in [9.17, 15) is 0 Å². The maximum absolute atomic E-state index is 6.08. The van der Waals surface area contributed by atoms with Gasteiger partial charge >= 0.3 is 0 Å². The fourth-order valence-electron chi connectivity index (χ4n) is 1.09. The van der Waals surface area contributed by atoms with Crippen molar-refractivity contribution in [3.63, 3.8) is 0 Å². The first-order valence-electron chi connectivity index (χ1n) is 4.31. The summed E-state index contributed by atoms with van der Waals surface area (Å²) < 4.78 is 0. The van der Waals surface area contributed by atoms with E-state index in [2.05, 4.69) is 38.1 Å². The molecule has 0 N–H and O–H groups in total. The number of halogens is 1. The Bertz CT molecular complexity index is 221. The van der Waals surface area contributed by atoms with Gasteiger partial charge in [-0.05, 0) is 32.3 Å². The van der Waals surface area contributed by atoms with Crippen LogP contribution in [0.1, 0.15) is 25.8 Å². The molecule has 12 heavy (non-hydrogen) atoms. The lowest BCUT2D eigenvalue weighted by atomic mass is 10.0. The zero-order chi connectivity index (χ0) is 9.03. The number of rotatable bonds is 3. The van der Waals surface area contributed by atoms with E-state index < -0.39 is 0 Å². The number of aryl methyl sites for hydroxylation is 1. The van der Waals surface area contributed by atoms with Gasteiger partial charge in [0.15, 0.2) is 0 Å². The molecule has 0 saturated carbocycles. The van der Waals surface area contributed by atoms with Crippen molar-refractivity contribution in [1.29, 1.82) is 0 Å². The van der Waals surface area contributed by atoms with Gasteiger partial charge in [0, 0.05) is 4.87 Å². The van der Waals surface area contributed by atoms with Gasteiger partial charge in [-0.3, -0.25) is 0 Å². The van der Waals surface area contributed by atoms with Crippen LogP contribution in [-0.4, -0.2) is 4.87 Å². The van der Waals surface area contributed by atoms with Crippen molar-refractivity contribution < 1.29 is 0 Å². The first-order chi connectivity index (χ1) is 5.58. The van der Waals surface area contributed by atoms with Gasteiger partial charge in [-0.1, -0.05) is 30.3 Å². The first-order valence-corrected chi connectivity index (χ1v) is 4.68. The molecule has 1 aromatic rings.